The van der Waals surface area contributed by atoms with Crippen molar-refractivity contribution in [3.8, 4) is 17.3 Å². The molecule has 1 aromatic carbocycles. The first kappa shape index (κ1) is 22.8. The quantitative estimate of drug-likeness (QED) is 0.632. The van der Waals surface area contributed by atoms with E-state index in [0.717, 1.165) is 22.7 Å². The van der Waals surface area contributed by atoms with Crippen LogP contribution < -0.4 is 5.32 Å². The number of piperidine rings is 1. The Morgan fingerprint density at radius 2 is 2.16 bits per heavy atom. The van der Waals surface area contributed by atoms with E-state index in [1.54, 1.807) is 17.0 Å². The standard InChI is InChI=1S/C22H25FN4O3S/c1-15-18(3-2-9-27(15)21(28)13-30-10-8-23)22(29)25-12-20-26-19(14-31-20)17-6-4-16(11-24)5-7-17/h4-7,14-15,18H,2-3,8-10,12-13H2,1H3,(H,25,29)/t15-,18+/m1/s1. The summed E-state index contributed by atoms with van der Waals surface area (Å²) in [5.41, 5.74) is 2.31. The lowest BCUT2D eigenvalue weighted by Crippen LogP contribution is -2.52. The van der Waals surface area contributed by atoms with Crippen molar-refractivity contribution in [3.05, 3.63) is 40.2 Å². The van der Waals surface area contributed by atoms with E-state index < -0.39 is 6.67 Å². The van der Waals surface area contributed by atoms with Crippen LogP contribution in [0.2, 0.25) is 0 Å². The first-order valence-corrected chi connectivity index (χ1v) is 11.1. The second kappa shape index (κ2) is 11.0. The maximum Gasteiger partial charge on any atom is 0.248 e. The van der Waals surface area contributed by atoms with Gasteiger partial charge in [-0.1, -0.05) is 12.1 Å². The zero-order valence-corrected chi connectivity index (χ0v) is 18.2. The maximum atomic E-state index is 12.8. The van der Waals surface area contributed by atoms with E-state index in [2.05, 4.69) is 16.4 Å². The zero-order chi connectivity index (χ0) is 22.2. The zero-order valence-electron chi connectivity index (χ0n) is 17.3. The van der Waals surface area contributed by atoms with Crippen LogP contribution in [-0.2, 0) is 20.9 Å². The number of rotatable bonds is 8. The molecule has 1 aliphatic rings. The molecule has 1 fully saturated rings. The number of benzene rings is 1. The van der Waals surface area contributed by atoms with Gasteiger partial charge < -0.3 is 15.0 Å². The molecular weight excluding hydrogens is 419 g/mol. The fraction of sp³-hybridized carbons (Fsp3) is 0.455. The highest BCUT2D eigenvalue weighted by molar-refractivity contribution is 7.09. The van der Waals surface area contributed by atoms with Gasteiger partial charge in [-0.05, 0) is 31.9 Å². The van der Waals surface area contributed by atoms with Crippen molar-refractivity contribution in [1.29, 1.82) is 5.26 Å². The second-order valence-electron chi connectivity index (χ2n) is 7.35. The average molecular weight is 445 g/mol. The van der Waals surface area contributed by atoms with Gasteiger partial charge in [0.2, 0.25) is 11.8 Å². The van der Waals surface area contributed by atoms with Crippen molar-refractivity contribution in [1.82, 2.24) is 15.2 Å². The fourth-order valence-corrected chi connectivity index (χ4v) is 4.42. The monoisotopic (exact) mass is 444 g/mol. The summed E-state index contributed by atoms with van der Waals surface area (Å²) in [6, 6.07) is 9.03. The van der Waals surface area contributed by atoms with Gasteiger partial charge in [0, 0.05) is 23.5 Å². The van der Waals surface area contributed by atoms with E-state index in [-0.39, 0.29) is 37.0 Å². The summed E-state index contributed by atoms with van der Waals surface area (Å²) in [4.78, 5) is 31.3. The molecule has 1 aliphatic heterocycles. The third-order valence-corrected chi connectivity index (χ3v) is 6.22. The van der Waals surface area contributed by atoms with Gasteiger partial charge in [0.1, 0.15) is 18.3 Å². The Morgan fingerprint density at radius 3 is 2.87 bits per heavy atom. The topological polar surface area (TPSA) is 95.3 Å². The lowest BCUT2D eigenvalue weighted by molar-refractivity contribution is -0.143. The summed E-state index contributed by atoms with van der Waals surface area (Å²) in [6.45, 7) is 1.86. The highest BCUT2D eigenvalue weighted by Gasteiger charge is 2.35. The molecule has 1 aromatic heterocycles. The lowest BCUT2D eigenvalue weighted by Gasteiger charge is -2.38. The number of amides is 2. The summed E-state index contributed by atoms with van der Waals surface area (Å²) in [5, 5.41) is 14.5. The number of ether oxygens (including phenoxy) is 1. The number of hydrogen-bond donors (Lipinski definition) is 1. The predicted molar refractivity (Wildman–Crippen MR) is 115 cm³/mol. The third-order valence-electron chi connectivity index (χ3n) is 5.37. The smallest absolute Gasteiger partial charge is 0.248 e. The number of thiazole rings is 1. The molecule has 0 aliphatic carbocycles. The summed E-state index contributed by atoms with van der Waals surface area (Å²) < 4.78 is 17.2. The van der Waals surface area contributed by atoms with Crippen molar-refractivity contribution < 1.29 is 18.7 Å². The Labute approximate surface area is 184 Å². The van der Waals surface area contributed by atoms with Crippen molar-refractivity contribution >= 4 is 23.2 Å². The Balaban J connectivity index is 1.54. The van der Waals surface area contributed by atoms with Gasteiger partial charge in [0.05, 0.1) is 36.4 Å². The molecule has 2 aromatic rings. The number of carbonyl (C=O) groups is 2. The van der Waals surface area contributed by atoms with E-state index >= 15 is 0 Å². The van der Waals surface area contributed by atoms with Crippen LogP contribution in [0.5, 0.6) is 0 Å². The summed E-state index contributed by atoms with van der Waals surface area (Å²) in [6.07, 6.45) is 1.44. The first-order chi connectivity index (χ1) is 15.0. The molecule has 0 unspecified atom stereocenters. The Morgan fingerprint density at radius 1 is 1.39 bits per heavy atom. The molecule has 9 heteroatoms. The summed E-state index contributed by atoms with van der Waals surface area (Å²) in [7, 11) is 0. The van der Waals surface area contributed by atoms with Crippen LogP contribution in [0.1, 0.15) is 30.3 Å². The van der Waals surface area contributed by atoms with E-state index in [4.69, 9.17) is 10.00 Å². The minimum absolute atomic E-state index is 0.101. The molecule has 2 atom stereocenters. The Bertz CT molecular complexity index is 941. The number of nitriles is 1. The average Bonchev–Trinajstić information content (AvgIpc) is 3.27. The molecule has 2 heterocycles. The number of halogens is 1. The Hall–Kier alpha value is -2.83. The molecular formula is C22H25FN4O3S. The largest absolute Gasteiger partial charge is 0.369 e. The van der Waals surface area contributed by atoms with Crippen LogP contribution >= 0.6 is 11.3 Å². The van der Waals surface area contributed by atoms with E-state index in [0.29, 0.717) is 25.1 Å². The SMILES string of the molecule is C[C@@H]1[C@@H](C(=O)NCc2nc(-c3ccc(C#N)cc3)cs2)CCCN1C(=O)COCCF. The van der Waals surface area contributed by atoms with E-state index in [1.807, 2.05) is 24.4 Å². The van der Waals surface area contributed by atoms with Crippen molar-refractivity contribution in [2.24, 2.45) is 5.92 Å². The van der Waals surface area contributed by atoms with Crippen LogP contribution in [0.3, 0.4) is 0 Å². The molecule has 7 nitrogen and oxygen atoms in total. The molecule has 1 saturated heterocycles. The fourth-order valence-electron chi connectivity index (χ4n) is 3.68. The van der Waals surface area contributed by atoms with Gasteiger partial charge in [0.25, 0.3) is 0 Å². The van der Waals surface area contributed by atoms with Crippen LogP contribution in [0, 0.1) is 17.2 Å². The highest BCUT2D eigenvalue weighted by Crippen LogP contribution is 2.25. The van der Waals surface area contributed by atoms with Crippen LogP contribution in [0.15, 0.2) is 29.6 Å². The third kappa shape index (κ3) is 5.87. The normalized spacial score (nSPS) is 18.4. The molecule has 0 spiro atoms. The number of nitrogens with zero attached hydrogens (tertiary/aromatic N) is 3. The minimum Gasteiger partial charge on any atom is -0.369 e. The van der Waals surface area contributed by atoms with Crippen LogP contribution in [0.4, 0.5) is 4.39 Å². The number of carbonyl (C=O) groups excluding carboxylic acids is 2. The maximum absolute atomic E-state index is 12.8. The second-order valence-corrected chi connectivity index (χ2v) is 8.29. The highest BCUT2D eigenvalue weighted by atomic mass is 32.1. The molecule has 1 N–H and O–H groups in total. The molecule has 3 rings (SSSR count). The first-order valence-electron chi connectivity index (χ1n) is 10.2. The van der Waals surface area contributed by atoms with Crippen molar-refractivity contribution in [3.63, 3.8) is 0 Å². The van der Waals surface area contributed by atoms with Gasteiger partial charge in [0.15, 0.2) is 0 Å². The number of alkyl halides is 1. The van der Waals surface area contributed by atoms with Crippen molar-refractivity contribution in [2.45, 2.75) is 32.4 Å². The Kier molecular flexibility index (Phi) is 8.09. The van der Waals surface area contributed by atoms with Gasteiger partial charge >= 0.3 is 0 Å². The number of aromatic nitrogens is 1. The molecule has 164 valence electrons. The molecule has 31 heavy (non-hydrogen) atoms. The van der Waals surface area contributed by atoms with Gasteiger partial charge in [-0.25, -0.2) is 9.37 Å². The van der Waals surface area contributed by atoms with E-state index in [1.165, 1.54) is 11.3 Å². The molecule has 0 radical (unpaired) electrons. The molecule has 0 bridgehead atoms. The lowest BCUT2D eigenvalue weighted by atomic mass is 9.89. The summed E-state index contributed by atoms with van der Waals surface area (Å²) in [5.74, 6) is -0.632. The number of nitrogens with one attached hydrogen (secondary N) is 1. The van der Waals surface area contributed by atoms with Gasteiger partial charge in [-0.3, -0.25) is 9.59 Å². The summed E-state index contributed by atoms with van der Waals surface area (Å²) >= 11 is 1.46. The van der Waals surface area contributed by atoms with Gasteiger partial charge in [-0.15, -0.1) is 11.3 Å². The van der Waals surface area contributed by atoms with E-state index in [9.17, 15) is 14.0 Å². The van der Waals surface area contributed by atoms with Crippen molar-refractivity contribution in [2.75, 3.05) is 26.4 Å². The van der Waals surface area contributed by atoms with Crippen LogP contribution in [0.25, 0.3) is 11.3 Å². The number of hydrogen-bond acceptors (Lipinski definition) is 6. The number of likely N-dealkylation sites (tertiary alicyclic amines) is 1. The molecule has 0 saturated carbocycles. The van der Waals surface area contributed by atoms with Crippen LogP contribution in [-0.4, -0.2) is 54.2 Å². The van der Waals surface area contributed by atoms with Gasteiger partial charge in [-0.2, -0.15) is 5.26 Å². The predicted octanol–water partition coefficient (Wildman–Crippen LogP) is 2.91. The molecule has 2 amide bonds. The minimum atomic E-state index is -0.627.